The lowest BCUT2D eigenvalue weighted by Gasteiger charge is -1.99. The number of hydrogen-bond acceptors (Lipinski definition) is 4. The monoisotopic (exact) mass is 512 g/mol. The lowest BCUT2D eigenvalue weighted by molar-refractivity contribution is 1.21. The van der Waals surface area contributed by atoms with Crippen LogP contribution in [0.3, 0.4) is 0 Å². The average molecular weight is 513 g/mol. The van der Waals surface area contributed by atoms with Crippen molar-refractivity contribution in [1.29, 1.82) is 0 Å². The molecule has 4 aromatic rings. The van der Waals surface area contributed by atoms with Gasteiger partial charge in [-0.3, -0.25) is 0 Å². The molecule has 0 fully saturated rings. The third kappa shape index (κ3) is 7.85. The van der Waals surface area contributed by atoms with E-state index in [1.165, 1.54) is 27.8 Å². The lowest BCUT2D eigenvalue weighted by Crippen LogP contribution is -1.77. The molecule has 0 saturated carbocycles. The quantitative estimate of drug-likeness (QED) is 0.244. The highest BCUT2D eigenvalue weighted by atomic mass is 79.9. The molecular weight excluding hydrogens is 484 g/mol. The van der Waals surface area contributed by atoms with Crippen LogP contribution in [0.25, 0.3) is 0 Å². The molecule has 0 N–H and O–H groups in total. The van der Waals surface area contributed by atoms with Crippen LogP contribution in [0.15, 0.2) is 110 Å². The Morgan fingerprint density at radius 2 is 0.794 bits per heavy atom. The van der Waals surface area contributed by atoms with E-state index in [4.69, 9.17) is 0 Å². The minimum Gasteiger partial charge on any atom is -0.151 e. The summed E-state index contributed by atoms with van der Waals surface area (Å²) in [5.41, 5.74) is 9.67. The highest BCUT2D eigenvalue weighted by Crippen LogP contribution is 2.25. The van der Waals surface area contributed by atoms with Crippen LogP contribution in [-0.2, 0) is 0 Å². The van der Waals surface area contributed by atoms with Crippen LogP contribution < -0.4 is 0 Å². The first-order valence-corrected chi connectivity index (χ1v) is 11.9. The number of aryl methyl sites for hydroxylation is 5. The van der Waals surface area contributed by atoms with Gasteiger partial charge < -0.3 is 0 Å². The van der Waals surface area contributed by atoms with Crippen molar-refractivity contribution < 1.29 is 0 Å². The molecule has 172 valence electrons. The number of azo groups is 2. The maximum atomic E-state index is 4.23. The number of benzene rings is 4. The Hall–Kier alpha value is -3.44. The zero-order valence-corrected chi connectivity index (χ0v) is 21.8. The van der Waals surface area contributed by atoms with E-state index in [9.17, 15) is 0 Å². The first-order chi connectivity index (χ1) is 16.3. The van der Waals surface area contributed by atoms with Crippen molar-refractivity contribution in [3.63, 3.8) is 0 Å². The lowest BCUT2D eigenvalue weighted by atomic mass is 10.1. The van der Waals surface area contributed by atoms with Gasteiger partial charge in [-0.05, 0) is 99.8 Å². The Bertz CT molecular complexity index is 1190. The summed E-state index contributed by atoms with van der Waals surface area (Å²) in [6.07, 6.45) is 0. The second-order valence-electron chi connectivity index (χ2n) is 8.27. The van der Waals surface area contributed by atoms with Crippen molar-refractivity contribution in [1.82, 2.24) is 0 Å². The van der Waals surface area contributed by atoms with E-state index in [0.29, 0.717) is 0 Å². The van der Waals surface area contributed by atoms with Gasteiger partial charge in [0.25, 0.3) is 0 Å². The molecule has 34 heavy (non-hydrogen) atoms. The number of halogens is 1. The smallest absolute Gasteiger partial charge is 0.0868 e. The maximum Gasteiger partial charge on any atom is 0.0868 e. The van der Waals surface area contributed by atoms with Crippen LogP contribution in [-0.4, -0.2) is 0 Å². The molecule has 0 heterocycles. The van der Waals surface area contributed by atoms with Gasteiger partial charge in [-0.25, -0.2) is 0 Å². The van der Waals surface area contributed by atoms with E-state index in [1.807, 2.05) is 85.8 Å². The summed E-state index contributed by atoms with van der Waals surface area (Å²) >= 11 is 3.48. The molecule has 4 aromatic carbocycles. The van der Waals surface area contributed by atoms with Crippen LogP contribution in [0.5, 0.6) is 0 Å². The fourth-order valence-corrected chi connectivity index (χ4v) is 3.25. The van der Waals surface area contributed by atoms with Crippen molar-refractivity contribution in [2.75, 3.05) is 0 Å². The van der Waals surface area contributed by atoms with Gasteiger partial charge in [0, 0.05) is 4.47 Å². The van der Waals surface area contributed by atoms with E-state index in [0.717, 1.165) is 27.2 Å². The molecule has 4 rings (SSSR count). The molecule has 0 aliphatic rings. The van der Waals surface area contributed by atoms with E-state index < -0.39 is 0 Å². The van der Waals surface area contributed by atoms with Gasteiger partial charge in [0.05, 0.1) is 22.7 Å². The first kappa shape index (κ1) is 25.2. The van der Waals surface area contributed by atoms with Crippen molar-refractivity contribution in [2.45, 2.75) is 34.6 Å². The Kier molecular flexibility index (Phi) is 9.00. The molecular formula is C29H29BrN4. The van der Waals surface area contributed by atoms with Crippen molar-refractivity contribution in [3.05, 3.63) is 117 Å². The molecule has 0 aromatic heterocycles. The Morgan fingerprint density at radius 3 is 1.24 bits per heavy atom. The van der Waals surface area contributed by atoms with Crippen molar-refractivity contribution in [2.24, 2.45) is 20.5 Å². The van der Waals surface area contributed by atoms with E-state index in [2.05, 4.69) is 70.1 Å². The molecule has 0 aliphatic carbocycles. The van der Waals surface area contributed by atoms with E-state index in [1.54, 1.807) is 0 Å². The molecule has 0 bridgehead atoms. The Morgan fingerprint density at radius 1 is 0.412 bits per heavy atom. The SMILES string of the molecule is Cc1ccc(N=Nc2ccc(C)c(Br)c2)cc1.Cc1ccc(N=Nc2ccc(C)c(C)c2)cc1. The fraction of sp³-hybridized carbons (Fsp3) is 0.172. The Balaban J connectivity index is 0.000000191. The summed E-state index contributed by atoms with van der Waals surface area (Å²) in [7, 11) is 0. The number of nitrogens with zero attached hydrogens (tertiary/aromatic N) is 4. The van der Waals surface area contributed by atoms with Crippen LogP contribution in [0, 0.1) is 34.6 Å². The molecule has 5 heteroatoms. The van der Waals surface area contributed by atoms with Crippen LogP contribution >= 0.6 is 15.9 Å². The molecule has 0 spiro atoms. The summed E-state index contributed by atoms with van der Waals surface area (Å²) < 4.78 is 1.05. The highest BCUT2D eigenvalue weighted by molar-refractivity contribution is 9.10. The van der Waals surface area contributed by atoms with Gasteiger partial charge in [-0.2, -0.15) is 20.5 Å². The van der Waals surface area contributed by atoms with Crippen LogP contribution in [0.2, 0.25) is 0 Å². The van der Waals surface area contributed by atoms with E-state index in [-0.39, 0.29) is 0 Å². The normalized spacial score (nSPS) is 11.0. The second-order valence-corrected chi connectivity index (χ2v) is 9.13. The molecule has 0 atom stereocenters. The highest BCUT2D eigenvalue weighted by Gasteiger charge is 1.97. The van der Waals surface area contributed by atoms with Crippen molar-refractivity contribution >= 4 is 38.7 Å². The topological polar surface area (TPSA) is 49.4 Å². The van der Waals surface area contributed by atoms with Gasteiger partial charge in [0.2, 0.25) is 0 Å². The average Bonchev–Trinajstić information content (AvgIpc) is 2.83. The summed E-state index contributed by atoms with van der Waals surface area (Å²) in [6.45, 7) is 10.3. The molecule has 4 nitrogen and oxygen atoms in total. The third-order valence-electron chi connectivity index (χ3n) is 5.28. The maximum absolute atomic E-state index is 4.23. The predicted octanol–water partition coefficient (Wildman–Crippen LogP) is 10.5. The fourth-order valence-electron chi connectivity index (χ4n) is 2.89. The van der Waals surface area contributed by atoms with Gasteiger partial charge in [-0.1, -0.05) is 63.5 Å². The number of hydrogen-bond donors (Lipinski definition) is 0. The van der Waals surface area contributed by atoms with Crippen LogP contribution in [0.1, 0.15) is 27.8 Å². The summed E-state index contributed by atoms with van der Waals surface area (Å²) in [5, 5.41) is 16.8. The molecule has 0 radical (unpaired) electrons. The van der Waals surface area contributed by atoms with Crippen molar-refractivity contribution in [3.8, 4) is 0 Å². The van der Waals surface area contributed by atoms with Crippen LogP contribution in [0.4, 0.5) is 22.7 Å². The standard InChI is InChI=1S/C15H16N2.C14H13BrN2/c1-11-4-7-14(8-5-11)16-17-15-9-6-12(2)13(3)10-15;1-10-3-6-12(7-4-10)16-17-13-8-5-11(2)14(15)9-13/h4-10H,1-3H3;3-9H,1-2H3. The largest absolute Gasteiger partial charge is 0.151 e. The minimum atomic E-state index is 0.850. The van der Waals surface area contributed by atoms with Gasteiger partial charge in [-0.15, -0.1) is 0 Å². The Labute approximate surface area is 210 Å². The number of rotatable bonds is 4. The zero-order valence-electron chi connectivity index (χ0n) is 20.2. The summed E-state index contributed by atoms with van der Waals surface area (Å²) in [6, 6.07) is 28.0. The van der Waals surface area contributed by atoms with Gasteiger partial charge in [0.1, 0.15) is 0 Å². The third-order valence-corrected chi connectivity index (χ3v) is 6.13. The second kappa shape index (κ2) is 12.1. The molecule has 0 saturated heterocycles. The minimum absolute atomic E-state index is 0.850. The molecule has 0 amide bonds. The van der Waals surface area contributed by atoms with Gasteiger partial charge >= 0.3 is 0 Å². The molecule has 0 unspecified atom stereocenters. The predicted molar refractivity (Wildman–Crippen MR) is 146 cm³/mol. The first-order valence-electron chi connectivity index (χ1n) is 11.1. The summed E-state index contributed by atoms with van der Waals surface area (Å²) in [5.74, 6) is 0. The molecule has 0 aliphatic heterocycles. The van der Waals surface area contributed by atoms with Gasteiger partial charge in [0.15, 0.2) is 0 Å². The zero-order chi connectivity index (χ0) is 24.5. The summed E-state index contributed by atoms with van der Waals surface area (Å²) in [4.78, 5) is 0. The van der Waals surface area contributed by atoms with E-state index >= 15 is 0 Å².